The second-order valence-corrected chi connectivity index (χ2v) is 3.88. The van der Waals surface area contributed by atoms with Crippen LogP contribution >= 0.6 is 11.5 Å². The van der Waals surface area contributed by atoms with Crippen molar-refractivity contribution < 1.29 is 4.39 Å². The van der Waals surface area contributed by atoms with Crippen molar-refractivity contribution in [3.05, 3.63) is 46.7 Å². The molecular weight excluding hydrogens is 213 g/mol. The zero-order valence-electron chi connectivity index (χ0n) is 7.93. The lowest BCUT2D eigenvalue weighted by Crippen LogP contribution is -2.13. The van der Waals surface area contributed by atoms with Gasteiger partial charge in [-0.15, -0.1) is 5.10 Å². The second kappa shape index (κ2) is 4.46. The number of aromatic nitrogens is 2. The van der Waals surface area contributed by atoms with Crippen LogP contribution in [0.15, 0.2) is 29.6 Å². The maximum atomic E-state index is 12.6. The third-order valence-electron chi connectivity index (χ3n) is 2.13. The Bertz CT molecular complexity index is 413. The molecule has 1 aromatic carbocycles. The van der Waals surface area contributed by atoms with E-state index in [9.17, 15) is 4.39 Å². The maximum absolute atomic E-state index is 12.6. The van der Waals surface area contributed by atoms with Gasteiger partial charge in [0, 0.05) is 5.38 Å². The molecule has 0 saturated carbocycles. The van der Waals surface area contributed by atoms with Crippen LogP contribution in [-0.4, -0.2) is 9.59 Å². The Balaban J connectivity index is 2.06. The third-order valence-corrected chi connectivity index (χ3v) is 2.65. The number of nitrogens with zero attached hydrogens (tertiary/aromatic N) is 2. The van der Waals surface area contributed by atoms with Crippen LogP contribution in [0.1, 0.15) is 17.3 Å². The van der Waals surface area contributed by atoms with E-state index < -0.39 is 0 Å². The van der Waals surface area contributed by atoms with Gasteiger partial charge in [-0.25, -0.2) is 4.39 Å². The van der Waals surface area contributed by atoms with Gasteiger partial charge in [0.15, 0.2) is 0 Å². The van der Waals surface area contributed by atoms with Crippen molar-refractivity contribution in [2.45, 2.75) is 12.5 Å². The standard InChI is InChI=1S/C10H10FN3S/c11-8-3-1-7(2-4-8)5-9(12)10-6-15-14-13-10/h1-4,6,9H,5,12H2. The molecule has 0 saturated heterocycles. The first kappa shape index (κ1) is 10.2. The minimum Gasteiger partial charge on any atom is -0.322 e. The van der Waals surface area contributed by atoms with E-state index in [1.54, 1.807) is 12.1 Å². The van der Waals surface area contributed by atoms with Crippen molar-refractivity contribution in [1.82, 2.24) is 9.59 Å². The van der Waals surface area contributed by atoms with E-state index in [2.05, 4.69) is 9.59 Å². The molecule has 0 fully saturated rings. The molecule has 1 heterocycles. The highest BCUT2D eigenvalue weighted by Crippen LogP contribution is 2.14. The summed E-state index contributed by atoms with van der Waals surface area (Å²) in [6.07, 6.45) is 0.645. The van der Waals surface area contributed by atoms with E-state index in [1.165, 1.54) is 23.7 Å². The van der Waals surface area contributed by atoms with Gasteiger partial charge in [-0.2, -0.15) is 0 Å². The molecule has 0 bridgehead atoms. The molecule has 3 nitrogen and oxygen atoms in total. The minimum absolute atomic E-state index is 0.172. The first-order valence-corrected chi connectivity index (χ1v) is 5.36. The van der Waals surface area contributed by atoms with Crippen LogP contribution in [0.3, 0.4) is 0 Å². The van der Waals surface area contributed by atoms with Crippen molar-refractivity contribution in [2.75, 3.05) is 0 Å². The molecule has 2 N–H and O–H groups in total. The van der Waals surface area contributed by atoms with Crippen molar-refractivity contribution >= 4 is 11.5 Å². The monoisotopic (exact) mass is 223 g/mol. The van der Waals surface area contributed by atoms with Gasteiger partial charge in [0.1, 0.15) is 5.82 Å². The molecule has 0 aliphatic rings. The largest absolute Gasteiger partial charge is 0.322 e. The van der Waals surface area contributed by atoms with Crippen LogP contribution < -0.4 is 5.73 Å². The predicted molar refractivity (Wildman–Crippen MR) is 56.9 cm³/mol. The zero-order valence-corrected chi connectivity index (χ0v) is 8.75. The molecule has 2 aromatic rings. The zero-order chi connectivity index (χ0) is 10.7. The summed E-state index contributed by atoms with van der Waals surface area (Å²) in [4.78, 5) is 0. The first-order valence-electron chi connectivity index (χ1n) is 4.52. The van der Waals surface area contributed by atoms with E-state index >= 15 is 0 Å². The van der Waals surface area contributed by atoms with Crippen molar-refractivity contribution in [2.24, 2.45) is 5.73 Å². The fourth-order valence-electron chi connectivity index (χ4n) is 1.31. The Hall–Kier alpha value is -1.33. The van der Waals surface area contributed by atoms with E-state index in [-0.39, 0.29) is 11.9 Å². The minimum atomic E-state index is -0.234. The molecular formula is C10H10FN3S. The highest BCUT2D eigenvalue weighted by molar-refractivity contribution is 7.03. The van der Waals surface area contributed by atoms with E-state index in [1.807, 2.05) is 5.38 Å². The van der Waals surface area contributed by atoms with Gasteiger partial charge >= 0.3 is 0 Å². The van der Waals surface area contributed by atoms with Crippen molar-refractivity contribution in [3.63, 3.8) is 0 Å². The summed E-state index contributed by atoms with van der Waals surface area (Å²) in [5, 5.41) is 5.73. The van der Waals surface area contributed by atoms with E-state index in [0.717, 1.165) is 11.3 Å². The van der Waals surface area contributed by atoms with Gasteiger partial charge in [0.25, 0.3) is 0 Å². The van der Waals surface area contributed by atoms with Crippen LogP contribution in [0.2, 0.25) is 0 Å². The maximum Gasteiger partial charge on any atom is 0.123 e. The van der Waals surface area contributed by atoms with Crippen LogP contribution in [0.4, 0.5) is 4.39 Å². The van der Waals surface area contributed by atoms with Crippen molar-refractivity contribution in [1.29, 1.82) is 0 Å². The summed E-state index contributed by atoms with van der Waals surface area (Å²) < 4.78 is 16.4. The number of nitrogens with two attached hydrogens (primary N) is 1. The molecule has 2 rings (SSSR count). The van der Waals surface area contributed by atoms with Crippen LogP contribution in [0.25, 0.3) is 0 Å². The normalized spacial score (nSPS) is 12.7. The van der Waals surface area contributed by atoms with Gasteiger partial charge in [0.05, 0.1) is 11.7 Å². The van der Waals surface area contributed by atoms with Gasteiger partial charge in [-0.1, -0.05) is 16.6 Å². The number of hydrogen-bond donors (Lipinski definition) is 1. The molecule has 0 aliphatic heterocycles. The number of halogens is 1. The molecule has 1 atom stereocenters. The van der Waals surface area contributed by atoms with Gasteiger partial charge in [-0.05, 0) is 35.6 Å². The Morgan fingerprint density at radius 2 is 2.07 bits per heavy atom. The molecule has 1 unspecified atom stereocenters. The smallest absolute Gasteiger partial charge is 0.123 e. The van der Waals surface area contributed by atoms with Crippen LogP contribution in [0.5, 0.6) is 0 Å². The fourth-order valence-corrected chi connectivity index (χ4v) is 1.83. The molecule has 1 aromatic heterocycles. The van der Waals surface area contributed by atoms with Crippen LogP contribution in [0, 0.1) is 5.82 Å². The van der Waals surface area contributed by atoms with Gasteiger partial charge < -0.3 is 5.73 Å². The van der Waals surface area contributed by atoms with Crippen LogP contribution in [-0.2, 0) is 6.42 Å². The van der Waals surface area contributed by atoms with Gasteiger partial charge in [-0.3, -0.25) is 0 Å². The summed E-state index contributed by atoms with van der Waals surface area (Å²) in [5.41, 5.74) is 7.70. The molecule has 15 heavy (non-hydrogen) atoms. The van der Waals surface area contributed by atoms with E-state index in [4.69, 9.17) is 5.73 Å². The summed E-state index contributed by atoms with van der Waals surface area (Å²) in [7, 11) is 0. The third kappa shape index (κ3) is 2.57. The number of hydrogen-bond acceptors (Lipinski definition) is 4. The lowest BCUT2D eigenvalue weighted by molar-refractivity contribution is 0.625. The summed E-state index contributed by atoms with van der Waals surface area (Å²) in [5.74, 6) is -0.234. The molecule has 5 heteroatoms. The first-order chi connectivity index (χ1) is 7.25. The van der Waals surface area contributed by atoms with Gasteiger partial charge in [0.2, 0.25) is 0 Å². The Morgan fingerprint density at radius 3 is 2.67 bits per heavy atom. The molecule has 0 spiro atoms. The molecule has 78 valence electrons. The fraction of sp³-hybridized carbons (Fsp3) is 0.200. The number of rotatable bonds is 3. The highest BCUT2D eigenvalue weighted by Gasteiger charge is 2.09. The molecule has 0 amide bonds. The molecule has 0 radical (unpaired) electrons. The number of benzene rings is 1. The second-order valence-electron chi connectivity index (χ2n) is 3.27. The summed E-state index contributed by atoms with van der Waals surface area (Å²) in [6.45, 7) is 0. The lowest BCUT2D eigenvalue weighted by Gasteiger charge is -2.07. The Morgan fingerprint density at radius 1 is 1.33 bits per heavy atom. The Labute approximate surface area is 90.9 Å². The predicted octanol–water partition coefficient (Wildman–Crippen LogP) is 1.92. The average Bonchev–Trinajstić information content (AvgIpc) is 2.74. The SMILES string of the molecule is NC(Cc1ccc(F)cc1)c1csnn1. The lowest BCUT2D eigenvalue weighted by atomic mass is 10.1. The van der Waals surface area contributed by atoms with Crippen molar-refractivity contribution in [3.8, 4) is 0 Å². The van der Waals surface area contributed by atoms with E-state index in [0.29, 0.717) is 6.42 Å². The Kier molecular flexibility index (Phi) is 3.03. The molecule has 0 aliphatic carbocycles. The topological polar surface area (TPSA) is 51.8 Å². The average molecular weight is 223 g/mol. The quantitative estimate of drug-likeness (QED) is 0.864. The highest BCUT2D eigenvalue weighted by atomic mass is 32.1. The summed E-state index contributed by atoms with van der Waals surface area (Å²) in [6, 6.07) is 6.15. The summed E-state index contributed by atoms with van der Waals surface area (Å²) >= 11 is 1.28.